The number of rotatable bonds is 7. The quantitative estimate of drug-likeness (QED) is 0.592. The van der Waals surface area contributed by atoms with Crippen molar-refractivity contribution in [1.29, 1.82) is 0 Å². The number of amides is 1. The molecule has 0 radical (unpaired) electrons. The fourth-order valence-corrected chi connectivity index (χ4v) is 2.33. The topological polar surface area (TPSA) is 91.5 Å². The van der Waals surface area contributed by atoms with Crippen LogP contribution < -0.4 is 15.2 Å². The van der Waals surface area contributed by atoms with Gasteiger partial charge in [0, 0.05) is 18.7 Å². The Labute approximate surface area is 126 Å². The minimum absolute atomic E-state index is 0.104. The van der Waals surface area contributed by atoms with E-state index in [-0.39, 0.29) is 6.61 Å². The van der Waals surface area contributed by atoms with Gasteiger partial charge in [0.25, 0.3) is 0 Å². The highest BCUT2D eigenvalue weighted by Crippen LogP contribution is 2.31. The van der Waals surface area contributed by atoms with Crippen molar-refractivity contribution in [2.24, 2.45) is 5.73 Å². The molecular formula is C13H17N3O4S. The molecule has 0 saturated carbocycles. The molecule has 0 unspecified atom stereocenters. The van der Waals surface area contributed by atoms with Crippen LogP contribution >= 0.6 is 12.2 Å². The number of carbonyl (C=O) groups is 1. The van der Waals surface area contributed by atoms with Gasteiger partial charge < -0.3 is 29.5 Å². The second-order valence-electron chi connectivity index (χ2n) is 4.33. The van der Waals surface area contributed by atoms with E-state index in [4.69, 9.17) is 32.2 Å². The van der Waals surface area contributed by atoms with Gasteiger partial charge in [-0.25, -0.2) is 0 Å². The number of carbonyl (C=O) groups excluding carboxylic acids is 1. The molecule has 8 heteroatoms. The minimum atomic E-state index is -0.496. The van der Waals surface area contributed by atoms with Crippen LogP contribution in [0.15, 0.2) is 12.1 Å². The number of imidazole rings is 1. The number of aromatic amines is 1. The molecule has 2 rings (SSSR count). The number of benzene rings is 1. The van der Waals surface area contributed by atoms with Gasteiger partial charge in [-0.05, 0) is 12.2 Å². The van der Waals surface area contributed by atoms with E-state index in [2.05, 4.69) is 4.98 Å². The fraction of sp³-hybridized carbons (Fsp3) is 0.385. The Bertz CT molecular complexity index is 707. The summed E-state index contributed by atoms with van der Waals surface area (Å²) in [6.07, 6.45) is 0. The summed E-state index contributed by atoms with van der Waals surface area (Å²) >= 11 is 5.29. The first-order valence-corrected chi connectivity index (χ1v) is 6.68. The van der Waals surface area contributed by atoms with E-state index in [0.29, 0.717) is 29.4 Å². The summed E-state index contributed by atoms with van der Waals surface area (Å²) in [5.41, 5.74) is 6.73. The van der Waals surface area contributed by atoms with E-state index in [9.17, 15) is 4.79 Å². The van der Waals surface area contributed by atoms with Crippen LogP contribution in [0, 0.1) is 4.77 Å². The minimum Gasteiger partial charge on any atom is -0.493 e. The maximum Gasteiger partial charge on any atom is 0.243 e. The number of fused-ring (bicyclic) bond motifs is 1. The molecule has 0 saturated heterocycles. The molecule has 1 aromatic heterocycles. The third-order valence-corrected chi connectivity index (χ3v) is 3.31. The Hall–Kier alpha value is -2.06. The maximum atomic E-state index is 10.6. The Balaban J connectivity index is 2.29. The van der Waals surface area contributed by atoms with Crippen molar-refractivity contribution < 1.29 is 19.0 Å². The molecule has 0 aliphatic heterocycles. The lowest BCUT2D eigenvalue weighted by atomic mass is 10.2. The summed E-state index contributed by atoms with van der Waals surface area (Å²) in [4.78, 5) is 13.7. The van der Waals surface area contributed by atoms with Crippen molar-refractivity contribution in [1.82, 2.24) is 9.55 Å². The predicted molar refractivity (Wildman–Crippen MR) is 80.2 cm³/mol. The monoisotopic (exact) mass is 311 g/mol. The lowest BCUT2D eigenvalue weighted by Crippen LogP contribution is -2.19. The highest BCUT2D eigenvalue weighted by atomic mass is 32.1. The number of nitrogens with one attached hydrogen (secondary N) is 1. The van der Waals surface area contributed by atoms with Gasteiger partial charge in [0.2, 0.25) is 5.91 Å². The van der Waals surface area contributed by atoms with Gasteiger partial charge in [0.1, 0.15) is 6.61 Å². The van der Waals surface area contributed by atoms with Crippen molar-refractivity contribution in [2.45, 2.75) is 6.54 Å². The standard InChI is InChI=1S/C13H17N3O4S/c1-18-10-5-8-9(6-11(10)19-2)16(13(21)15-8)3-4-20-7-12(14)17/h5-6H,3-4,7H2,1-2H3,(H2,14,17)(H,15,21). The lowest BCUT2D eigenvalue weighted by molar-refractivity contribution is -0.122. The first kappa shape index (κ1) is 15.3. The summed E-state index contributed by atoms with van der Waals surface area (Å²) in [7, 11) is 3.15. The van der Waals surface area contributed by atoms with Crippen LogP contribution in [-0.2, 0) is 16.1 Å². The van der Waals surface area contributed by atoms with Crippen molar-refractivity contribution in [3.63, 3.8) is 0 Å². The van der Waals surface area contributed by atoms with Gasteiger partial charge in [0.15, 0.2) is 16.3 Å². The number of methoxy groups -OCH3 is 2. The molecule has 21 heavy (non-hydrogen) atoms. The third-order valence-electron chi connectivity index (χ3n) is 2.98. The van der Waals surface area contributed by atoms with Crippen LogP contribution in [-0.4, -0.2) is 42.9 Å². The average molecular weight is 311 g/mol. The molecule has 0 fully saturated rings. The number of H-pyrrole nitrogens is 1. The van der Waals surface area contributed by atoms with Gasteiger partial charge in [-0.15, -0.1) is 0 Å². The maximum absolute atomic E-state index is 10.6. The van der Waals surface area contributed by atoms with Crippen LogP contribution in [0.4, 0.5) is 0 Å². The van der Waals surface area contributed by atoms with Gasteiger partial charge >= 0.3 is 0 Å². The summed E-state index contributed by atoms with van der Waals surface area (Å²) < 4.78 is 18.1. The molecule has 114 valence electrons. The molecule has 1 amide bonds. The van der Waals surface area contributed by atoms with Crippen molar-refractivity contribution in [3.8, 4) is 11.5 Å². The zero-order valence-electron chi connectivity index (χ0n) is 11.8. The molecule has 0 bridgehead atoms. The Morgan fingerprint density at radius 3 is 2.62 bits per heavy atom. The molecule has 1 heterocycles. The fourth-order valence-electron chi connectivity index (χ4n) is 2.03. The number of aromatic nitrogens is 2. The first-order chi connectivity index (χ1) is 10.1. The summed E-state index contributed by atoms with van der Waals surface area (Å²) in [5, 5.41) is 0. The van der Waals surface area contributed by atoms with Crippen molar-refractivity contribution >= 4 is 29.2 Å². The van der Waals surface area contributed by atoms with Crippen LogP contribution in [0.3, 0.4) is 0 Å². The highest BCUT2D eigenvalue weighted by Gasteiger charge is 2.11. The van der Waals surface area contributed by atoms with Crippen molar-refractivity contribution in [3.05, 3.63) is 16.9 Å². The van der Waals surface area contributed by atoms with Crippen LogP contribution in [0.25, 0.3) is 11.0 Å². The van der Waals surface area contributed by atoms with E-state index in [1.54, 1.807) is 14.2 Å². The van der Waals surface area contributed by atoms with E-state index in [0.717, 1.165) is 11.0 Å². The van der Waals surface area contributed by atoms with Crippen LogP contribution in [0.2, 0.25) is 0 Å². The predicted octanol–water partition coefficient (Wildman–Crippen LogP) is 1.22. The number of ether oxygens (including phenoxy) is 3. The Kier molecular flexibility index (Phi) is 4.81. The van der Waals surface area contributed by atoms with Gasteiger partial charge in [-0.2, -0.15) is 0 Å². The number of hydrogen-bond acceptors (Lipinski definition) is 5. The molecule has 1 aromatic carbocycles. The normalized spacial score (nSPS) is 10.8. The highest BCUT2D eigenvalue weighted by molar-refractivity contribution is 7.71. The number of primary amides is 1. The molecule has 7 nitrogen and oxygen atoms in total. The first-order valence-electron chi connectivity index (χ1n) is 6.27. The summed E-state index contributed by atoms with van der Waals surface area (Å²) in [6.45, 7) is 0.729. The largest absolute Gasteiger partial charge is 0.493 e. The van der Waals surface area contributed by atoms with Gasteiger partial charge in [0.05, 0.1) is 31.9 Å². The van der Waals surface area contributed by atoms with Crippen LogP contribution in [0.1, 0.15) is 0 Å². The van der Waals surface area contributed by atoms with E-state index in [1.165, 1.54) is 0 Å². The second-order valence-corrected chi connectivity index (χ2v) is 4.71. The number of nitrogens with two attached hydrogens (primary N) is 1. The third kappa shape index (κ3) is 3.34. The Morgan fingerprint density at radius 2 is 2.00 bits per heavy atom. The van der Waals surface area contributed by atoms with Crippen molar-refractivity contribution in [2.75, 3.05) is 27.4 Å². The van der Waals surface area contributed by atoms with E-state index < -0.39 is 5.91 Å². The molecular weight excluding hydrogens is 294 g/mol. The van der Waals surface area contributed by atoms with E-state index >= 15 is 0 Å². The molecule has 3 N–H and O–H groups in total. The number of hydrogen-bond donors (Lipinski definition) is 2. The molecule has 0 aliphatic carbocycles. The zero-order chi connectivity index (χ0) is 15.4. The van der Waals surface area contributed by atoms with Gasteiger partial charge in [-0.1, -0.05) is 0 Å². The summed E-state index contributed by atoms with van der Waals surface area (Å²) in [5.74, 6) is 0.744. The molecule has 0 atom stereocenters. The molecule has 2 aromatic rings. The lowest BCUT2D eigenvalue weighted by Gasteiger charge is -2.09. The van der Waals surface area contributed by atoms with Crippen LogP contribution in [0.5, 0.6) is 11.5 Å². The van der Waals surface area contributed by atoms with E-state index in [1.807, 2.05) is 16.7 Å². The summed E-state index contributed by atoms with van der Waals surface area (Å²) in [6, 6.07) is 3.67. The smallest absolute Gasteiger partial charge is 0.243 e. The molecule has 0 aliphatic rings. The SMILES string of the molecule is COc1cc2[nH]c(=S)n(CCOCC(N)=O)c2cc1OC. The average Bonchev–Trinajstić information content (AvgIpc) is 2.76. The van der Waals surface area contributed by atoms with Gasteiger partial charge in [-0.3, -0.25) is 4.79 Å². The second kappa shape index (κ2) is 6.59. The number of nitrogens with zero attached hydrogens (tertiary/aromatic N) is 1. The Morgan fingerprint density at radius 1 is 1.33 bits per heavy atom. The molecule has 0 spiro atoms. The zero-order valence-corrected chi connectivity index (χ0v) is 12.7.